The van der Waals surface area contributed by atoms with Gasteiger partial charge in [-0.3, -0.25) is 4.79 Å². The van der Waals surface area contributed by atoms with Crippen molar-refractivity contribution in [2.75, 3.05) is 5.32 Å². The lowest BCUT2D eigenvalue weighted by molar-refractivity contribution is -0.114. The molecule has 1 N–H and O–H groups in total. The van der Waals surface area contributed by atoms with Crippen LogP contribution in [0.1, 0.15) is 12.5 Å². The summed E-state index contributed by atoms with van der Waals surface area (Å²) in [6.45, 7) is 1.35. The number of carbonyl (C=O) groups excluding carboxylic acids is 1. The number of nitrogens with zero attached hydrogens (tertiary/aromatic N) is 1. The van der Waals surface area contributed by atoms with Gasteiger partial charge in [0.2, 0.25) is 5.91 Å². The SMILES string of the molecule is CC(=O)Nc1ccc(S(=O)(=O)Oc2ccc(C#N)cc2Cl)cc1. The number of hydrogen-bond donors (Lipinski definition) is 1. The van der Waals surface area contributed by atoms with E-state index in [2.05, 4.69) is 5.32 Å². The predicted octanol–water partition coefficient (Wildman–Crippen LogP) is 2.94. The van der Waals surface area contributed by atoms with Gasteiger partial charge in [-0.25, -0.2) is 0 Å². The van der Waals surface area contributed by atoms with E-state index in [9.17, 15) is 13.2 Å². The molecule has 23 heavy (non-hydrogen) atoms. The Bertz CT molecular complexity index is 887. The highest BCUT2D eigenvalue weighted by molar-refractivity contribution is 7.87. The van der Waals surface area contributed by atoms with Crippen molar-refractivity contribution in [2.45, 2.75) is 11.8 Å². The predicted molar refractivity (Wildman–Crippen MR) is 84.7 cm³/mol. The molecular weight excluding hydrogens is 340 g/mol. The number of nitriles is 1. The zero-order chi connectivity index (χ0) is 17.0. The minimum Gasteiger partial charge on any atom is -0.377 e. The van der Waals surface area contributed by atoms with Gasteiger partial charge in [-0.2, -0.15) is 13.7 Å². The van der Waals surface area contributed by atoms with Crippen molar-refractivity contribution in [3.05, 3.63) is 53.1 Å². The number of benzene rings is 2. The summed E-state index contributed by atoms with van der Waals surface area (Å²) in [6.07, 6.45) is 0. The smallest absolute Gasteiger partial charge is 0.339 e. The van der Waals surface area contributed by atoms with Crippen LogP contribution in [0.25, 0.3) is 0 Å². The maximum atomic E-state index is 12.2. The highest BCUT2D eigenvalue weighted by atomic mass is 35.5. The van der Waals surface area contributed by atoms with E-state index < -0.39 is 10.1 Å². The summed E-state index contributed by atoms with van der Waals surface area (Å²) in [7, 11) is -4.08. The van der Waals surface area contributed by atoms with Crippen molar-refractivity contribution in [1.29, 1.82) is 5.26 Å². The first-order chi connectivity index (χ1) is 10.8. The largest absolute Gasteiger partial charge is 0.377 e. The Morgan fingerprint density at radius 2 is 1.87 bits per heavy atom. The Labute approximate surface area is 138 Å². The molecule has 8 heteroatoms. The van der Waals surface area contributed by atoms with Crippen LogP contribution < -0.4 is 9.50 Å². The Hall–Kier alpha value is -2.56. The number of hydrogen-bond acceptors (Lipinski definition) is 5. The fraction of sp³-hybridized carbons (Fsp3) is 0.0667. The fourth-order valence-electron chi connectivity index (χ4n) is 1.71. The monoisotopic (exact) mass is 350 g/mol. The van der Waals surface area contributed by atoms with Crippen LogP contribution in [0.2, 0.25) is 5.02 Å². The minimum absolute atomic E-state index is 0.0162. The second-order valence-corrected chi connectivity index (χ2v) is 6.45. The summed E-state index contributed by atoms with van der Waals surface area (Å²) in [5, 5.41) is 11.3. The lowest BCUT2D eigenvalue weighted by atomic mass is 10.2. The summed E-state index contributed by atoms with van der Waals surface area (Å²) in [4.78, 5) is 10.8. The topological polar surface area (TPSA) is 96.3 Å². The molecule has 0 aromatic heterocycles. The molecule has 6 nitrogen and oxygen atoms in total. The summed E-state index contributed by atoms with van der Waals surface area (Å²) in [5.41, 5.74) is 0.757. The highest BCUT2D eigenvalue weighted by Crippen LogP contribution is 2.28. The molecule has 0 aliphatic heterocycles. The number of amides is 1. The number of carbonyl (C=O) groups is 1. The second kappa shape index (κ2) is 6.69. The first-order valence-electron chi connectivity index (χ1n) is 6.33. The number of rotatable bonds is 4. The van der Waals surface area contributed by atoms with Gasteiger partial charge in [0.05, 0.1) is 16.7 Å². The van der Waals surface area contributed by atoms with E-state index in [-0.39, 0.29) is 21.6 Å². The van der Waals surface area contributed by atoms with Gasteiger partial charge < -0.3 is 9.50 Å². The Morgan fingerprint density at radius 3 is 2.39 bits per heavy atom. The van der Waals surface area contributed by atoms with Crippen molar-refractivity contribution < 1.29 is 17.4 Å². The van der Waals surface area contributed by atoms with Crippen LogP contribution in [0.5, 0.6) is 5.75 Å². The summed E-state index contributed by atoms with van der Waals surface area (Å²) >= 11 is 5.90. The van der Waals surface area contributed by atoms with E-state index in [1.807, 2.05) is 6.07 Å². The summed E-state index contributed by atoms with van der Waals surface area (Å²) in [6, 6.07) is 11.4. The molecule has 0 fully saturated rings. The molecule has 0 aliphatic carbocycles. The lowest BCUT2D eigenvalue weighted by Gasteiger charge is -2.09. The van der Waals surface area contributed by atoms with Crippen LogP contribution in [-0.4, -0.2) is 14.3 Å². The Morgan fingerprint density at radius 1 is 1.22 bits per heavy atom. The number of halogens is 1. The van der Waals surface area contributed by atoms with Gasteiger partial charge in [-0.05, 0) is 42.5 Å². The molecule has 0 aliphatic rings. The van der Waals surface area contributed by atoms with E-state index in [1.54, 1.807) is 0 Å². The quantitative estimate of drug-likeness (QED) is 0.855. The molecule has 0 spiro atoms. The first kappa shape index (κ1) is 16.8. The molecule has 0 saturated heterocycles. The third-order valence-corrected chi connectivity index (χ3v) is 4.27. The molecule has 0 heterocycles. The summed E-state index contributed by atoms with van der Waals surface area (Å²) < 4.78 is 29.4. The van der Waals surface area contributed by atoms with Crippen LogP contribution in [0.15, 0.2) is 47.4 Å². The Kier molecular flexibility index (Phi) is 4.89. The van der Waals surface area contributed by atoms with Crippen LogP contribution in [0.4, 0.5) is 5.69 Å². The van der Waals surface area contributed by atoms with Gasteiger partial charge in [-0.15, -0.1) is 0 Å². The molecule has 0 radical (unpaired) electrons. The van der Waals surface area contributed by atoms with Crippen molar-refractivity contribution in [1.82, 2.24) is 0 Å². The van der Waals surface area contributed by atoms with Gasteiger partial charge in [0.15, 0.2) is 5.75 Å². The first-order valence-corrected chi connectivity index (χ1v) is 8.12. The molecular formula is C15H11ClN2O4S. The molecule has 2 aromatic rings. The van der Waals surface area contributed by atoms with E-state index in [1.165, 1.54) is 49.4 Å². The molecule has 1 amide bonds. The van der Waals surface area contributed by atoms with Gasteiger partial charge in [0.1, 0.15) is 4.90 Å². The van der Waals surface area contributed by atoms with Gasteiger partial charge in [0.25, 0.3) is 0 Å². The van der Waals surface area contributed by atoms with E-state index in [0.29, 0.717) is 11.3 Å². The fourth-order valence-corrected chi connectivity index (χ4v) is 2.92. The van der Waals surface area contributed by atoms with Crippen LogP contribution in [-0.2, 0) is 14.9 Å². The average Bonchev–Trinajstić information content (AvgIpc) is 2.49. The van der Waals surface area contributed by atoms with Crippen molar-refractivity contribution in [3.8, 4) is 11.8 Å². The molecule has 0 saturated carbocycles. The van der Waals surface area contributed by atoms with Crippen molar-refractivity contribution in [3.63, 3.8) is 0 Å². The number of anilines is 1. The molecule has 0 bridgehead atoms. The van der Waals surface area contributed by atoms with E-state index in [0.717, 1.165) is 0 Å². The van der Waals surface area contributed by atoms with Crippen molar-refractivity contribution >= 4 is 33.3 Å². The normalized spacial score (nSPS) is 10.7. The lowest BCUT2D eigenvalue weighted by Crippen LogP contribution is -2.11. The third kappa shape index (κ3) is 4.22. The minimum atomic E-state index is -4.08. The maximum absolute atomic E-state index is 12.2. The molecule has 118 valence electrons. The standard InChI is InChI=1S/C15H11ClN2O4S/c1-10(19)18-12-3-5-13(6-4-12)23(20,21)22-15-7-2-11(9-17)8-14(15)16/h2-8H,1H3,(H,18,19). The summed E-state index contributed by atoms with van der Waals surface area (Å²) in [5.74, 6) is -0.335. The van der Waals surface area contributed by atoms with Crippen LogP contribution in [0, 0.1) is 11.3 Å². The Balaban J connectivity index is 2.25. The molecule has 0 atom stereocenters. The maximum Gasteiger partial charge on any atom is 0.339 e. The second-order valence-electron chi connectivity index (χ2n) is 4.50. The molecule has 2 aromatic carbocycles. The van der Waals surface area contributed by atoms with Gasteiger partial charge >= 0.3 is 10.1 Å². The zero-order valence-electron chi connectivity index (χ0n) is 11.9. The van der Waals surface area contributed by atoms with E-state index in [4.69, 9.17) is 21.0 Å². The van der Waals surface area contributed by atoms with E-state index >= 15 is 0 Å². The van der Waals surface area contributed by atoms with Gasteiger partial charge in [0, 0.05) is 12.6 Å². The van der Waals surface area contributed by atoms with Crippen LogP contribution in [0.3, 0.4) is 0 Å². The zero-order valence-corrected chi connectivity index (χ0v) is 13.5. The third-order valence-electron chi connectivity index (χ3n) is 2.72. The van der Waals surface area contributed by atoms with Crippen LogP contribution >= 0.6 is 11.6 Å². The van der Waals surface area contributed by atoms with Crippen molar-refractivity contribution in [2.24, 2.45) is 0 Å². The molecule has 2 rings (SSSR count). The van der Waals surface area contributed by atoms with Gasteiger partial charge in [-0.1, -0.05) is 11.6 Å². The average molecular weight is 351 g/mol. The number of nitrogens with one attached hydrogen (secondary N) is 1. The highest BCUT2D eigenvalue weighted by Gasteiger charge is 2.18. The molecule has 0 unspecified atom stereocenters.